The first kappa shape index (κ1) is 15.0. The number of rotatable bonds is 6. The van der Waals surface area contributed by atoms with E-state index in [1.165, 1.54) is 12.0 Å². The third-order valence-corrected chi connectivity index (χ3v) is 2.89. The third-order valence-electron chi connectivity index (χ3n) is 2.89. The van der Waals surface area contributed by atoms with E-state index < -0.39 is 0 Å². The highest BCUT2D eigenvalue weighted by Gasteiger charge is 2.19. The maximum absolute atomic E-state index is 12.1. The first-order chi connectivity index (χ1) is 9.01. The fourth-order valence-corrected chi connectivity index (χ4v) is 1.66. The number of nitrogens with one attached hydrogen (secondary N) is 1. The minimum atomic E-state index is -0.284. The Labute approximate surface area is 112 Å². The Balaban J connectivity index is 2.56. The molecule has 0 aliphatic rings. The summed E-state index contributed by atoms with van der Waals surface area (Å²) in [5.74, 6) is -0.535. The van der Waals surface area contributed by atoms with Crippen molar-refractivity contribution in [3.05, 3.63) is 11.4 Å². The molecule has 0 fully saturated rings. The van der Waals surface area contributed by atoms with E-state index in [9.17, 15) is 9.59 Å². The van der Waals surface area contributed by atoms with Crippen molar-refractivity contribution in [1.82, 2.24) is 15.1 Å². The largest absolute Gasteiger partial charge is 0.469 e. The second-order valence-corrected chi connectivity index (χ2v) is 4.22. The number of aryl methyl sites for hydroxylation is 1. The molecule has 3 N–H and O–H groups in total. The zero-order valence-corrected chi connectivity index (χ0v) is 11.5. The SMILES string of the molecule is CCc1[nH]nc(C(=O)N(C)CCCC(=O)OC)c1N. The second-order valence-electron chi connectivity index (χ2n) is 4.22. The fourth-order valence-electron chi connectivity index (χ4n) is 1.66. The van der Waals surface area contributed by atoms with E-state index >= 15 is 0 Å². The number of carbonyl (C=O) groups is 2. The van der Waals surface area contributed by atoms with Crippen molar-refractivity contribution in [2.24, 2.45) is 0 Å². The monoisotopic (exact) mass is 268 g/mol. The van der Waals surface area contributed by atoms with Gasteiger partial charge in [0.1, 0.15) is 0 Å². The molecule has 1 aromatic heterocycles. The number of ether oxygens (including phenoxy) is 1. The van der Waals surface area contributed by atoms with Crippen molar-refractivity contribution in [2.75, 3.05) is 26.4 Å². The van der Waals surface area contributed by atoms with Gasteiger partial charge in [0.2, 0.25) is 0 Å². The highest BCUT2D eigenvalue weighted by Crippen LogP contribution is 2.16. The average molecular weight is 268 g/mol. The minimum absolute atomic E-state index is 0.234. The van der Waals surface area contributed by atoms with Crippen molar-refractivity contribution < 1.29 is 14.3 Å². The van der Waals surface area contributed by atoms with Gasteiger partial charge in [0, 0.05) is 20.0 Å². The van der Waals surface area contributed by atoms with Gasteiger partial charge >= 0.3 is 5.97 Å². The van der Waals surface area contributed by atoms with E-state index in [0.29, 0.717) is 25.1 Å². The molecule has 7 nitrogen and oxygen atoms in total. The third kappa shape index (κ3) is 3.70. The summed E-state index contributed by atoms with van der Waals surface area (Å²) in [4.78, 5) is 24.5. The Morgan fingerprint density at radius 2 is 2.16 bits per heavy atom. The number of aromatic nitrogens is 2. The van der Waals surface area contributed by atoms with Gasteiger partial charge in [-0.05, 0) is 12.8 Å². The number of nitrogen functional groups attached to an aromatic ring is 1. The van der Waals surface area contributed by atoms with E-state index in [4.69, 9.17) is 5.73 Å². The summed E-state index contributed by atoms with van der Waals surface area (Å²) in [6.07, 6.45) is 1.52. The van der Waals surface area contributed by atoms with Gasteiger partial charge in [0.05, 0.1) is 18.5 Å². The average Bonchev–Trinajstić information content (AvgIpc) is 2.78. The van der Waals surface area contributed by atoms with Gasteiger partial charge in [0.15, 0.2) is 5.69 Å². The highest BCUT2D eigenvalue weighted by atomic mass is 16.5. The van der Waals surface area contributed by atoms with Crippen LogP contribution in [0.1, 0.15) is 35.9 Å². The summed E-state index contributed by atoms with van der Waals surface area (Å²) in [5, 5.41) is 6.68. The van der Waals surface area contributed by atoms with Crippen LogP contribution in [0, 0.1) is 0 Å². The number of amides is 1. The quantitative estimate of drug-likeness (QED) is 0.735. The molecule has 7 heteroatoms. The van der Waals surface area contributed by atoms with Crippen LogP contribution < -0.4 is 5.73 Å². The number of nitrogens with zero attached hydrogens (tertiary/aromatic N) is 2. The van der Waals surface area contributed by atoms with Crippen LogP contribution in [-0.4, -0.2) is 47.7 Å². The summed E-state index contributed by atoms with van der Waals surface area (Å²) >= 11 is 0. The first-order valence-electron chi connectivity index (χ1n) is 6.16. The lowest BCUT2D eigenvalue weighted by Gasteiger charge is -2.15. The normalized spacial score (nSPS) is 10.3. The Morgan fingerprint density at radius 1 is 1.47 bits per heavy atom. The first-order valence-corrected chi connectivity index (χ1v) is 6.16. The van der Waals surface area contributed by atoms with Crippen LogP contribution >= 0.6 is 0 Å². The fraction of sp³-hybridized carbons (Fsp3) is 0.583. The number of hydrogen-bond donors (Lipinski definition) is 2. The van der Waals surface area contributed by atoms with Gasteiger partial charge < -0.3 is 15.4 Å². The number of nitrogens with two attached hydrogens (primary N) is 1. The van der Waals surface area contributed by atoms with Gasteiger partial charge in [0.25, 0.3) is 5.91 Å². The molecule has 0 unspecified atom stereocenters. The molecule has 0 saturated carbocycles. The number of hydrogen-bond acceptors (Lipinski definition) is 5. The summed E-state index contributed by atoms with van der Waals surface area (Å²) in [7, 11) is 2.99. The highest BCUT2D eigenvalue weighted by molar-refractivity contribution is 5.97. The summed E-state index contributed by atoms with van der Waals surface area (Å²) < 4.78 is 4.53. The van der Waals surface area contributed by atoms with Gasteiger partial charge in [-0.3, -0.25) is 14.7 Å². The molecule has 1 aromatic rings. The van der Waals surface area contributed by atoms with E-state index in [1.54, 1.807) is 7.05 Å². The predicted octanol–water partition coefficient (Wildman–Crippen LogP) is 0.580. The van der Waals surface area contributed by atoms with Gasteiger partial charge in [-0.15, -0.1) is 0 Å². The molecule has 1 rings (SSSR count). The smallest absolute Gasteiger partial charge is 0.305 e. The number of methoxy groups -OCH3 is 1. The van der Waals surface area contributed by atoms with Crippen molar-refractivity contribution in [2.45, 2.75) is 26.2 Å². The summed E-state index contributed by atoms with van der Waals surface area (Å²) in [6.45, 7) is 2.37. The molecule has 0 saturated heterocycles. The van der Waals surface area contributed by atoms with E-state index in [-0.39, 0.29) is 24.0 Å². The topological polar surface area (TPSA) is 101 Å². The van der Waals surface area contributed by atoms with Crippen molar-refractivity contribution in [3.63, 3.8) is 0 Å². The molecule has 0 radical (unpaired) electrons. The van der Waals surface area contributed by atoms with E-state index in [1.807, 2.05) is 6.92 Å². The Bertz CT molecular complexity index is 456. The lowest BCUT2D eigenvalue weighted by atomic mass is 10.2. The minimum Gasteiger partial charge on any atom is -0.469 e. The number of anilines is 1. The van der Waals surface area contributed by atoms with Crippen LogP contribution in [0.25, 0.3) is 0 Å². The van der Waals surface area contributed by atoms with Gasteiger partial charge in [-0.1, -0.05) is 6.92 Å². The predicted molar refractivity (Wildman–Crippen MR) is 70.6 cm³/mol. The van der Waals surface area contributed by atoms with Gasteiger partial charge in [-0.25, -0.2) is 0 Å². The van der Waals surface area contributed by atoms with Crippen molar-refractivity contribution >= 4 is 17.6 Å². The van der Waals surface area contributed by atoms with Crippen LogP contribution in [0.15, 0.2) is 0 Å². The number of aromatic amines is 1. The molecule has 19 heavy (non-hydrogen) atoms. The Morgan fingerprint density at radius 3 is 2.68 bits per heavy atom. The van der Waals surface area contributed by atoms with Gasteiger partial charge in [-0.2, -0.15) is 5.10 Å². The molecule has 1 heterocycles. The lowest BCUT2D eigenvalue weighted by molar-refractivity contribution is -0.140. The molecule has 0 aromatic carbocycles. The van der Waals surface area contributed by atoms with Crippen molar-refractivity contribution in [1.29, 1.82) is 0 Å². The molecule has 0 aliphatic carbocycles. The second kappa shape index (κ2) is 6.77. The van der Waals surface area contributed by atoms with Crippen LogP contribution in [0.2, 0.25) is 0 Å². The Kier molecular flexibility index (Phi) is 5.35. The van der Waals surface area contributed by atoms with Crippen molar-refractivity contribution in [3.8, 4) is 0 Å². The Hall–Kier alpha value is -2.05. The zero-order valence-electron chi connectivity index (χ0n) is 11.5. The number of esters is 1. The van der Waals surface area contributed by atoms with Crippen LogP contribution in [0.4, 0.5) is 5.69 Å². The standard InChI is InChI=1S/C12H20N4O3/c1-4-8-10(13)11(15-14-8)12(18)16(2)7-5-6-9(17)19-3/h4-7,13H2,1-3H3,(H,14,15). The molecule has 0 aliphatic heterocycles. The van der Waals surface area contributed by atoms with Crippen LogP contribution in [-0.2, 0) is 16.0 Å². The van der Waals surface area contributed by atoms with Crippen LogP contribution in [0.3, 0.4) is 0 Å². The molecule has 0 spiro atoms. The maximum Gasteiger partial charge on any atom is 0.305 e. The molecule has 106 valence electrons. The molecule has 0 atom stereocenters. The van der Waals surface area contributed by atoms with Crippen LogP contribution in [0.5, 0.6) is 0 Å². The summed E-state index contributed by atoms with van der Waals surface area (Å²) in [6, 6.07) is 0. The molecular formula is C12H20N4O3. The summed E-state index contributed by atoms with van der Waals surface area (Å²) in [5.41, 5.74) is 7.22. The van der Waals surface area contributed by atoms with E-state index in [0.717, 1.165) is 5.69 Å². The number of carbonyl (C=O) groups excluding carboxylic acids is 2. The number of H-pyrrole nitrogens is 1. The van der Waals surface area contributed by atoms with E-state index in [2.05, 4.69) is 14.9 Å². The zero-order chi connectivity index (χ0) is 14.4. The molecule has 1 amide bonds. The molecule has 0 bridgehead atoms. The maximum atomic E-state index is 12.1. The lowest BCUT2D eigenvalue weighted by Crippen LogP contribution is -2.29. The molecular weight excluding hydrogens is 248 g/mol.